The minimum absolute atomic E-state index is 0. The highest BCUT2D eigenvalue weighted by molar-refractivity contribution is 5.85. The Balaban J connectivity index is 0. The molecule has 1 heterocycles. The minimum atomic E-state index is 0. The van der Waals surface area contributed by atoms with E-state index in [0.29, 0.717) is 0 Å². The number of nitrogens with one attached hydrogen (secondary N) is 1. The lowest BCUT2D eigenvalue weighted by molar-refractivity contribution is 0.154. The molecule has 116 valence electrons. The van der Waals surface area contributed by atoms with Crippen molar-refractivity contribution in [1.29, 1.82) is 0 Å². The fourth-order valence-electron chi connectivity index (χ4n) is 1.94. The number of urea groups is 1. The molecule has 0 atom stereocenters. The zero-order chi connectivity index (χ0) is 12.5. The molecule has 0 aromatic rings. The number of hydrogen-bond acceptors (Lipinski definition) is 3. The van der Waals surface area contributed by atoms with Gasteiger partial charge in [-0.25, -0.2) is 4.79 Å². The molecule has 0 aliphatic carbocycles. The van der Waals surface area contributed by atoms with Crippen molar-refractivity contribution in [3.63, 3.8) is 0 Å². The lowest BCUT2D eigenvalue weighted by atomic mass is 10.2. The second-order valence-corrected chi connectivity index (χ2v) is 4.73. The van der Waals surface area contributed by atoms with Crippen molar-refractivity contribution in [2.45, 2.75) is 25.7 Å². The van der Waals surface area contributed by atoms with Crippen molar-refractivity contribution < 1.29 is 4.79 Å². The second-order valence-electron chi connectivity index (χ2n) is 4.73. The van der Waals surface area contributed by atoms with Crippen LogP contribution >= 0.6 is 24.8 Å². The summed E-state index contributed by atoms with van der Waals surface area (Å²) in [6, 6.07) is 0.0944. The summed E-state index contributed by atoms with van der Waals surface area (Å²) >= 11 is 0. The summed E-state index contributed by atoms with van der Waals surface area (Å²) in [5.74, 6) is 0. The van der Waals surface area contributed by atoms with E-state index in [1.165, 1.54) is 6.42 Å². The zero-order valence-electron chi connectivity index (χ0n) is 11.8. The number of carbonyl (C=O) groups excluding carboxylic acids is 1. The van der Waals surface area contributed by atoms with Crippen LogP contribution in [0.2, 0.25) is 0 Å². The SMILES string of the molecule is CN1CCN(C(=O)NCCCCCCN)CC1.Cl.Cl. The van der Waals surface area contributed by atoms with Crippen molar-refractivity contribution in [3.05, 3.63) is 0 Å². The van der Waals surface area contributed by atoms with Gasteiger partial charge in [0.15, 0.2) is 0 Å². The highest BCUT2D eigenvalue weighted by atomic mass is 35.5. The number of amides is 2. The van der Waals surface area contributed by atoms with Gasteiger partial charge in [0, 0.05) is 32.7 Å². The van der Waals surface area contributed by atoms with Gasteiger partial charge in [-0.15, -0.1) is 24.8 Å². The van der Waals surface area contributed by atoms with Gasteiger partial charge in [-0.1, -0.05) is 12.8 Å². The zero-order valence-corrected chi connectivity index (χ0v) is 13.4. The van der Waals surface area contributed by atoms with Crippen LogP contribution in [0.25, 0.3) is 0 Å². The predicted octanol–water partition coefficient (Wildman–Crippen LogP) is 1.31. The van der Waals surface area contributed by atoms with E-state index < -0.39 is 0 Å². The maximum atomic E-state index is 11.8. The van der Waals surface area contributed by atoms with Gasteiger partial charge >= 0.3 is 6.03 Å². The van der Waals surface area contributed by atoms with Gasteiger partial charge in [0.2, 0.25) is 0 Å². The topological polar surface area (TPSA) is 61.6 Å². The van der Waals surface area contributed by atoms with E-state index in [4.69, 9.17) is 5.73 Å². The molecule has 19 heavy (non-hydrogen) atoms. The van der Waals surface area contributed by atoms with E-state index in [2.05, 4.69) is 17.3 Å². The van der Waals surface area contributed by atoms with E-state index in [1.54, 1.807) is 0 Å². The van der Waals surface area contributed by atoms with Crippen LogP contribution in [0.15, 0.2) is 0 Å². The standard InChI is InChI=1S/C12H26N4O.2ClH/c1-15-8-10-16(11-9-15)12(17)14-7-5-3-2-4-6-13;;/h2-11,13H2,1H3,(H,14,17);2*1H. The van der Waals surface area contributed by atoms with Crippen LogP contribution in [0.5, 0.6) is 0 Å². The molecule has 0 aromatic carbocycles. The van der Waals surface area contributed by atoms with E-state index in [0.717, 1.165) is 58.5 Å². The third kappa shape index (κ3) is 9.32. The fourth-order valence-corrected chi connectivity index (χ4v) is 1.94. The van der Waals surface area contributed by atoms with E-state index >= 15 is 0 Å². The Morgan fingerprint density at radius 2 is 1.63 bits per heavy atom. The lowest BCUT2D eigenvalue weighted by Gasteiger charge is -2.32. The molecule has 0 spiro atoms. The molecule has 0 unspecified atom stereocenters. The largest absolute Gasteiger partial charge is 0.338 e. The Morgan fingerprint density at radius 1 is 1.05 bits per heavy atom. The molecule has 0 saturated carbocycles. The lowest BCUT2D eigenvalue weighted by Crippen LogP contribution is -2.50. The quantitative estimate of drug-likeness (QED) is 0.727. The molecule has 0 aromatic heterocycles. The van der Waals surface area contributed by atoms with Gasteiger partial charge in [0.25, 0.3) is 0 Å². The monoisotopic (exact) mass is 314 g/mol. The molecule has 1 saturated heterocycles. The third-order valence-corrected chi connectivity index (χ3v) is 3.20. The summed E-state index contributed by atoms with van der Waals surface area (Å²) in [6.45, 7) is 5.20. The van der Waals surface area contributed by atoms with Crippen LogP contribution in [0.1, 0.15) is 25.7 Å². The summed E-state index contributed by atoms with van der Waals surface area (Å²) in [5, 5.41) is 2.98. The molecule has 2 amide bonds. The number of hydrogen-bond donors (Lipinski definition) is 2. The predicted molar refractivity (Wildman–Crippen MR) is 84.5 cm³/mol. The van der Waals surface area contributed by atoms with Gasteiger partial charge in [0.05, 0.1) is 0 Å². The average molecular weight is 315 g/mol. The number of rotatable bonds is 6. The van der Waals surface area contributed by atoms with Gasteiger partial charge in [-0.05, 0) is 26.4 Å². The maximum Gasteiger partial charge on any atom is 0.317 e. The van der Waals surface area contributed by atoms with Crippen molar-refractivity contribution >= 4 is 30.8 Å². The van der Waals surface area contributed by atoms with Crippen LogP contribution in [-0.4, -0.2) is 62.1 Å². The second kappa shape index (κ2) is 12.8. The first-order chi connectivity index (χ1) is 8.24. The number of unbranched alkanes of at least 4 members (excludes halogenated alkanes) is 3. The van der Waals surface area contributed by atoms with Crippen molar-refractivity contribution in [3.8, 4) is 0 Å². The van der Waals surface area contributed by atoms with E-state index in [9.17, 15) is 4.79 Å². The van der Waals surface area contributed by atoms with Crippen LogP contribution in [0.3, 0.4) is 0 Å². The van der Waals surface area contributed by atoms with Crippen LogP contribution in [0, 0.1) is 0 Å². The van der Waals surface area contributed by atoms with Gasteiger partial charge in [-0.2, -0.15) is 0 Å². The average Bonchev–Trinajstić information content (AvgIpc) is 2.34. The normalized spacial score (nSPS) is 15.4. The summed E-state index contributed by atoms with van der Waals surface area (Å²) in [5.41, 5.74) is 5.42. The highest BCUT2D eigenvalue weighted by Crippen LogP contribution is 2.00. The molecule has 0 radical (unpaired) electrons. The van der Waals surface area contributed by atoms with Crippen molar-refractivity contribution in [1.82, 2.24) is 15.1 Å². The summed E-state index contributed by atoms with van der Waals surface area (Å²) in [6.07, 6.45) is 4.47. The van der Waals surface area contributed by atoms with Crippen LogP contribution in [-0.2, 0) is 0 Å². The Hall–Kier alpha value is -0.230. The first kappa shape index (κ1) is 21.1. The van der Waals surface area contributed by atoms with E-state index in [-0.39, 0.29) is 30.8 Å². The molecule has 5 nitrogen and oxygen atoms in total. The Labute approximate surface area is 129 Å². The summed E-state index contributed by atoms with van der Waals surface area (Å²) < 4.78 is 0. The molecule has 1 aliphatic rings. The van der Waals surface area contributed by atoms with Gasteiger partial charge in [-0.3, -0.25) is 0 Å². The molecule has 1 fully saturated rings. The molecule has 7 heteroatoms. The maximum absolute atomic E-state index is 11.8. The fraction of sp³-hybridized carbons (Fsp3) is 0.917. The Morgan fingerprint density at radius 3 is 2.21 bits per heavy atom. The third-order valence-electron chi connectivity index (χ3n) is 3.20. The first-order valence-corrected chi connectivity index (χ1v) is 6.65. The van der Waals surface area contributed by atoms with Crippen LogP contribution < -0.4 is 11.1 Å². The first-order valence-electron chi connectivity index (χ1n) is 6.65. The highest BCUT2D eigenvalue weighted by Gasteiger charge is 2.17. The summed E-state index contributed by atoms with van der Waals surface area (Å²) in [4.78, 5) is 15.9. The number of likely N-dealkylation sites (N-methyl/N-ethyl adjacent to an activating group) is 1. The molecule has 1 rings (SSSR count). The molecular formula is C12H28Cl2N4O. The van der Waals surface area contributed by atoms with Gasteiger partial charge < -0.3 is 20.9 Å². The van der Waals surface area contributed by atoms with Crippen molar-refractivity contribution in [2.24, 2.45) is 5.73 Å². The number of piperazine rings is 1. The molecular weight excluding hydrogens is 287 g/mol. The Bertz CT molecular complexity index is 224. The minimum Gasteiger partial charge on any atom is -0.338 e. The number of carbonyl (C=O) groups is 1. The van der Waals surface area contributed by atoms with Crippen LogP contribution in [0.4, 0.5) is 4.79 Å². The number of nitrogens with zero attached hydrogens (tertiary/aromatic N) is 2. The smallest absolute Gasteiger partial charge is 0.317 e. The summed E-state index contributed by atoms with van der Waals surface area (Å²) in [7, 11) is 2.09. The van der Waals surface area contributed by atoms with E-state index in [1.807, 2.05) is 4.90 Å². The molecule has 1 aliphatic heterocycles. The Kier molecular flexibility index (Phi) is 14.2. The number of nitrogens with two attached hydrogens (primary N) is 1. The molecule has 0 bridgehead atoms. The van der Waals surface area contributed by atoms with Crippen molar-refractivity contribution in [2.75, 3.05) is 46.3 Å². The van der Waals surface area contributed by atoms with Gasteiger partial charge in [0.1, 0.15) is 0 Å². The number of halogens is 2. The molecule has 3 N–H and O–H groups in total.